The molecular formula is C21H28N4O3S. The third kappa shape index (κ3) is 5.48. The van der Waals surface area contributed by atoms with Gasteiger partial charge in [-0.3, -0.25) is 9.52 Å². The lowest BCUT2D eigenvalue weighted by Crippen LogP contribution is -2.45. The monoisotopic (exact) mass is 416 g/mol. The molecule has 7 nitrogen and oxygen atoms in total. The summed E-state index contributed by atoms with van der Waals surface area (Å²) in [5.74, 6) is -0.367. The van der Waals surface area contributed by atoms with Crippen molar-refractivity contribution in [1.29, 1.82) is 0 Å². The van der Waals surface area contributed by atoms with Crippen LogP contribution in [0.3, 0.4) is 0 Å². The van der Waals surface area contributed by atoms with Gasteiger partial charge in [0.2, 0.25) is 10.0 Å². The number of hydrogen-bond acceptors (Lipinski definition) is 5. The van der Waals surface area contributed by atoms with Crippen molar-refractivity contribution in [2.24, 2.45) is 0 Å². The van der Waals surface area contributed by atoms with Gasteiger partial charge < -0.3 is 15.1 Å². The molecule has 2 N–H and O–H groups in total. The van der Waals surface area contributed by atoms with Crippen LogP contribution < -0.4 is 14.9 Å². The van der Waals surface area contributed by atoms with Gasteiger partial charge in [-0.15, -0.1) is 0 Å². The number of hydrogen-bond donors (Lipinski definition) is 2. The summed E-state index contributed by atoms with van der Waals surface area (Å²) in [5.41, 5.74) is 2.76. The SMILES string of the molecule is CCS(=O)(=O)Nc1ccccc1C(=O)NCc1ccccc1N1CCN(C)CC1. The molecule has 29 heavy (non-hydrogen) atoms. The lowest BCUT2D eigenvalue weighted by atomic mass is 10.1. The van der Waals surface area contributed by atoms with Gasteiger partial charge in [-0.25, -0.2) is 8.42 Å². The minimum absolute atomic E-state index is 0.0542. The van der Waals surface area contributed by atoms with Crippen LogP contribution >= 0.6 is 0 Å². The van der Waals surface area contributed by atoms with Crippen LogP contribution in [0.15, 0.2) is 48.5 Å². The quantitative estimate of drug-likeness (QED) is 0.723. The number of piperazine rings is 1. The van der Waals surface area contributed by atoms with Crippen molar-refractivity contribution >= 4 is 27.3 Å². The zero-order valence-electron chi connectivity index (χ0n) is 16.9. The number of sulfonamides is 1. The molecule has 3 rings (SSSR count). The molecule has 2 aromatic rings. The zero-order chi connectivity index (χ0) is 20.9. The highest BCUT2D eigenvalue weighted by atomic mass is 32.2. The first-order valence-electron chi connectivity index (χ1n) is 9.78. The summed E-state index contributed by atoms with van der Waals surface area (Å²) in [6.07, 6.45) is 0. The molecule has 0 saturated carbocycles. The van der Waals surface area contributed by atoms with Crippen LogP contribution in [0.25, 0.3) is 0 Å². The molecule has 1 aliphatic rings. The Bertz CT molecular complexity index is 954. The molecule has 1 amide bonds. The van der Waals surface area contributed by atoms with Gasteiger partial charge >= 0.3 is 0 Å². The Morgan fingerprint density at radius 1 is 1.00 bits per heavy atom. The number of carbonyl (C=O) groups excluding carboxylic acids is 1. The molecule has 0 bridgehead atoms. The molecule has 8 heteroatoms. The first kappa shape index (κ1) is 21.1. The van der Waals surface area contributed by atoms with Crippen molar-refractivity contribution in [2.45, 2.75) is 13.5 Å². The maximum Gasteiger partial charge on any atom is 0.253 e. The maximum atomic E-state index is 12.8. The van der Waals surface area contributed by atoms with Crippen LogP contribution in [0.5, 0.6) is 0 Å². The molecule has 0 aromatic heterocycles. The number of nitrogens with zero attached hydrogens (tertiary/aromatic N) is 2. The van der Waals surface area contributed by atoms with Gasteiger partial charge in [0.05, 0.1) is 17.0 Å². The van der Waals surface area contributed by atoms with E-state index in [1.165, 1.54) is 0 Å². The van der Waals surface area contributed by atoms with E-state index in [2.05, 4.69) is 33.0 Å². The molecule has 1 fully saturated rings. The van der Waals surface area contributed by atoms with Crippen LogP contribution in [-0.2, 0) is 16.6 Å². The van der Waals surface area contributed by atoms with Crippen molar-refractivity contribution in [2.75, 3.05) is 48.6 Å². The average Bonchev–Trinajstić information content (AvgIpc) is 2.73. The summed E-state index contributed by atoms with van der Waals surface area (Å²) in [4.78, 5) is 17.4. The predicted molar refractivity (Wildman–Crippen MR) is 117 cm³/mol. The van der Waals surface area contributed by atoms with Gasteiger partial charge in [-0.2, -0.15) is 0 Å². The van der Waals surface area contributed by atoms with Crippen molar-refractivity contribution in [3.05, 3.63) is 59.7 Å². The van der Waals surface area contributed by atoms with Gasteiger partial charge in [-0.05, 0) is 37.7 Å². The highest BCUT2D eigenvalue weighted by Crippen LogP contribution is 2.22. The fraction of sp³-hybridized carbons (Fsp3) is 0.381. The summed E-state index contributed by atoms with van der Waals surface area (Å²) in [6, 6.07) is 14.7. The van der Waals surface area contributed by atoms with Crippen molar-refractivity contribution < 1.29 is 13.2 Å². The highest BCUT2D eigenvalue weighted by molar-refractivity contribution is 7.92. The molecule has 1 aliphatic heterocycles. The van der Waals surface area contributed by atoms with E-state index < -0.39 is 10.0 Å². The fourth-order valence-corrected chi connectivity index (χ4v) is 3.95. The van der Waals surface area contributed by atoms with Crippen molar-refractivity contribution in [3.63, 3.8) is 0 Å². The van der Waals surface area contributed by atoms with E-state index in [9.17, 15) is 13.2 Å². The molecule has 0 spiro atoms. The molecular weight excluding hydrogens is 388 g/mol. The standard InChI is InChI=1S/C21H28N4O3S/c1-3-29(27,28)23-19-10-6-5-9-18(19)21(26)22-16-17-8-4-7-11-20(17)25-14-12-24(2)13-15-25/h4-11,23H,3,12-16H2,1-2H3,(H,22,26). The van der Waals surface area contributed by atoms with E-state index in [1.54, 1.807) is 31.2 Å². The fourth-order valence-electron chi connectivity index (χ4n) is 3.30. The molecule has 1 heterocycles. The normalized spacial score (nSPS) is 15.2. The minimum atomic E-state index is -3.46. The summed E-state index contributed by atoms with van der Waals surface area (Å²) in [7, 11) is -1.34. The molecule has 2 aromatic carbocycles. The van der Waals surface area contributed by atoms with E-state index in [4.69, 9.17) is 0 Å². The summed E-state index contributed by atoms with van der Waals surface area (Å²) in [6.45, 7) is 5.83. The smallest absolute Gasteiger partial charge is 0.253 e. The third-order valence-electron chi connectivity index (χ3n) is 5.09. The second-order valence-corrected chi connectivity index (χ2v) is 9.16. The Morgan fingerprint density at radius 3 is 2.38 bits per heavy atom. The Kier molecular flexibility index (Phi) is 6.76. The number of amides is 1. The first-order chi connectivity index (χ1) is 13.9. The van der Waals surface area contributed by atoms with Gasteiger partial charge in [0.1, 0.15) is 0 Å². The predicted octanol–water partition coefficient (Wildman–Crippen LogP) is 2.13. The number of benzene rings is 2. The molecule has 0 atom stereocenters. The number of carbonyl (C=O) groups is 1. The number of para-hydroxylation sites is 2. The van der Waals surface area contributed by atoms with E-state index in [-0.39, 0.29) is 11.7 Å². The van der Waals surface area contributed by atoms with Crippen LogP contribution in [-0.4, -0.2) is 58.2 Å². The van der Waals surface area contributed by atoms with Crippen LogP contribution in [0.1, 0.15) is 22.8 Å². The van der Waals surface area contributed by atoms with E-state index >= 15 is 0 Å². The Morgan fingerprint density at radius 2 is 1.66 bits per heavy atom. The second-order valence-electron chi connectivity index (χ2n) is 7.15. The first-order valence-corrected chi connectivity index (χ1v) is 11.4. The Balaban J connectivity index is 1.72. The molecule has 1 saturated heterocycles. The van der Waals surface area contributed by atoms with Crippen molar-refractivity contribution in [3.8, 4) is 0 Å². The molecule has 156 valence electrons. The largest absolute Gasteiger partial charge is 0.369 e. The third-order valence-corrected chi connectivity index (χ3v) is 6.38. The zero-order valence-corrected chi connectivity index (χ0v) is 17.7. The van der Waals surface area contributed by atoms with E-state index in [1.807, 2.05) is 18.2 Å². The lowest BCUT2D eigenvalue weighted by Gasteiger charge is -2.35. The van der Waals surface area contributed by atoms with Gasteiger partial charge in [-0.1, -0.05) is 30.3 Å². The highest BCUT2D eigenvalue weighted by Gasteiger charge is 2.18. The number of anilines is 2. The minimum Gasteiger partial charge on any atom is -0.369 e. The topological polar surface area (TPSA) is 81.7 Å². The van der Waals surface area contributed by atoms with Crippen molar-refractivity contribution in [1.82, 2.24) is 10.2 Å². The molecule has 0 unspecified atom stereocenters. The molecule has 0 radical (unpaired) electrons. The average molecular weight is 417 g/mol. The van der Waals surface area contributed by atoms with Gasteiger partial charge in [0, 0.05) is 38.4 Å². The lowest BCUT2D eigenvalue weighted by molar-refractivity contribution is 0.0952. The van der Waals surface area contributed by atoms with Crippen LogP contribution in [0.4, 0.5) is 11.4 Å². The van der Waals surface area contributed by atoms with Crippen LogP contribution in [0, 0.1) is 0 Å². The number of likely N-dealkylation sites (N-methyl/N-ethyl adjacent to an activating group) is 1. The Hall–Kier alpha value is -2.58. The summed E-state index contributed by atoms with van der Waals surface area (Å²) >= 11 is 0. The van der Waals surface area contributed by atoms with Crippen LogP contribution in [0.2, 0.25) is 0 Å². The molecule has 0 aliphatic carbocycles. The number of rotatable bonds is 7. The maximum absolute atomic E-state index is 12.8. The van der Waals surface area contributed by atoms with Gasteiger partial charge in [0.15, 0.2) is 0 Å². The summed E-state index contributed by atoms with van der Waals surface area (Å²) < 4.78 is 26.3. The second kappa shape index (κ2) is 9.28. The Labute approximate surface area is 172 Å². The van der Waals surface area contributed by atoms with Gasteiger partial charge in [0.25, 0.3) is 5.91 Å². The summed E-state index contributed by atoms with van der Waals surface area (Å²) in [5, 5.41) is 2.94. The number of nitrogens with one attached hydrogen (secondary N) is 2. The van der Waals surface area contributed by atoms with E-state index in [0.717, 1.165) is 37.4 Å². The van der Waals surface area contributed by atoms with E-state index in [0.29, 0.717) is 17.8 Å².